The molecule has 2 aromatic rings. The van der Waals surface area contributed by atoms with Gasteiger partial charge in [-0.25, -0.2) is 8.42 Å². The van der Waals surface area contributed by atoms with Crippen LogP contribution >= 0.6 is 0 Å². The Morgan fingerprint density at radius 3 is 2.36 bits per heavy atom. The van der Waals surface area contributed by atoms with E-state index in [1.165, 1.54) is 35.2 Å². The number of rotatable bonds is 10. The van der Waals surface area contributed by atoms with Gasteiger partial charge >= 0.3 is 0 Å². The van der Waals surface area contributed by atoms with Crippen LogP contribution in [-0.2, 0) is 16.4 Å². The summed E-state index contributed by atoms with van der Waals surface area (Å²) in [7, 11) is -2.19. The number of amides is 1. The predicted octanol–water partition coefficient (Wildman–Crippen LogP) is 3.09. The van der Waals surface area contributed by atoms with Gasteiger partial charge in [-0.1, -0.05) is 44.2 Å². The standard InChI is InChI=1S/C21H28N2O4S/c1-4-23(5-2)28(25,26)18-13-14-20(27-3)19(16-18)21(24)22-15-9-12-17-10-7-6-8-11-17/h6-8,10-11,13-14,16H,4-5,9,12,15H2,1-3H3,(H,22,24). The maximum atomic E-state index is 12.7. The van der Waals surface area contributed by atoms with E-state index in [9.17, 15) is 13.2 Å². The van der Waals surface area contributed by atoms with Gasteiger partial charge in [0, 0.05) is 19.6 Å². The molecule has 0 saturated heterocycles. The van der Waals surface area contributed by atoms with Crippen molar-refractivity contribution in [1.82, 2.24) is 9.62 Å². The summed E-state index contributed by atoms with van der Waals surface area (Å²) < 4.78 is 32.1. The lowest BCUT2D eigenvalue weighted by Gasteiger charge is -2.19. The van der Waals surface area contributed by atoms with Crippen LogP contribution in [0.2, 0.25) is 0 Å². The number of ether oxygens (including phenoxy) is 1. The second-order valence-corrected chi connectivity index (χ2v) is 8.23. The van der Waals surface area contributed by atoms with Crippen LogP contribution in [0.4, 0.5) is 0 Å². The molecule has 0 aliphatic rings. The molecule has 6 nitrogen and oxygen atoms in total. The molecular weight excluding hydrogens is 376 g/mol. The fourth-order valence-corrected chi connectivity index (χ4v) is 4.46. The summed E-state index contributed by atoms with van der Waals surface area (Å²) in [6.45, 7) is 4.79. The Morgan fingerprint density at radius 2 is 1.75 bits per heavy atom. The molecule has 28 heavy (non-hydrogen) atoms. The summed E-state index contributed by atoms with van der Waals surface area (Å²) in [5.74, 6) is 0.000523. The number of hydrogen-bond donors (Lipinski definition) is 1. The average molecular weight is 405 g/mol. The number of carbonyl (C=O) groups is 1. The van der Waals surface area contributed by atoms with Crippen molar-refractivity contribution < 1.29 is 17.9 Å². The minimum atomic E-state index is -3.65. The molecule has 2 rings (SSSR count). The molecule has 0 saturated carbocycles. The Bertz CT molecular complexity index is 879. The number of aryl methyl sites for hydroxylation is 1. The Kier molecular flexibility index (Phi) is 8.02. The first-order chi connectivity index (χ1) is 13.4. The van der Waals surface area contributed by atoms with E-state index < -0.39 is 10.0 Å². The second-order valence-electron chi connectivity index (χ2n) is 6.30. The number of methoxy groups -OCH3 is 1. The summed E-state index contributed by atoms with van der Waals surface area (Å²) in [6.07, 6.45) is 1.64. The summed E-state index contributed by atoms with van der Waals surface area (Å²) in [5.41, 5.74) is 1.43. The highest BCUT2D eigenvalue weighted by Crippen LogP contribution is 2.24. The maximum Gasteiger partial charge on any atom is 0.255 e. The first-order valence-electron chi connectivity index (χ1n) is 9.44. The molecule has 0 fully saturated rings. The van der Waals surface area contributed by atoms with Crippen LogP contribution in [0.15, 0.2) is 53.4 Å². The summed E-state index contributed by atoms with van der Waals surface area (Å²) in [5, 5.41) is 2.85. The van der Waals surface area contributed by atoms with E-state index in [1.54, 1.807) is 13.8 Å². The number of sulfonamides is 1. The normalized spacial score (nSPS) is 11.4. The monoisotopic (exact) mass is 404 g/mol. The second kappa shape index (κ2) is 10.2. The van der Waals surface area contributed by atoms with Gasteiger partial charge in [-0.05, 0) is 36.6 Å². The third-order valence-electron chi connectivity index (χ3n) is 4.53. The van der Waals surface area contributed by atoms with E-state index in [0.717, 1.165) is 12.8 Å². The minimum absolute atomic E-state index is 0.0893. The van der Waals surface area contributed by atoms with Gasteiger partial charge in [0.2, 0.25) is 10.0 Å². The number of benzene rings is 2. The summed E-state index contributed by atoms with van der Waals surface area (Å²) >= 11 is 0. The average Bonchev–Trinajstić information content (AvgIpc) is 2.72. The molecule has 0 heterocycles. The third kappa shape index (κ3) is 5.33. The molecule has 1 amide bonds. The molecule has 0 spiro atoms. The molecule has 2 aromatic carbocycles. The predicted molar refractivity (Wildman–Crippen MR) is 110 cm³/mol. The molecule has 152 valence electrons. The Balaban J connectivity index is 2.11. The van der Waals surface area contributed by atoms with Gasteiger partial charge in [-0.3, -0.25) is 4.79 Å². The number of nitrogens with one attached hydrogen (secondary N) is 1. The molecule has 0 aromatic heterocycles. The van der Waals surface area contributed by atoms with Crippen molar-refractivity contribution in [3.63, 3.8) is 0 Å². The third-order valence-corrected chi connectivity index (χ3v) is 6.58. The fourth-order valence-electron chi connectivity index (χ4n) is 2.97. The zero-order valence-electron chi connectivity index (χ0n) is 16.6. The first kappa shape index (κ1) is 21.9. The molecule has 0 bridgehead atoms. The van der Waals surface area contributed by atoms with Crippen LogP contribution in [0.3, 0.4) is 0 Å². The Hall–Kier alpha value is -2.38. The molecular formula is C21H28N2O4S. The molecule has 1 N–H and O–H groups in total. The largest absolute Gasteiger partial charge is 0.496 e. The number of nitrogens with zero attached hydrogens (tertiary/aromatic N) is 1. The van der Waals surface area contributed by atoms with E-state index >= 15 is 0 Å². The fraction of sp³-hybridized carbons (Fsp3) is 0.381. The van der Waals surface area contributed by atoms with Crippen molar-refractivity contribution in [2.24, 2.45) is 0 Å². The van der Waals surface area contributed by atoms with Gasteiger partial charge < -0.3 is 10.1 Å². The Labute approximate surface area is 167 Å². The van der Waals surface area contributed by atoms with Crippen molar-refractivity contribution in [3.05, 3.63) is 59.7 Å². The zero-order valence-corrected chi connectivity index (χ0v) is 17.5. The van der Waals surface area contributed by atoms with Gasteiger partial charge in [0.05, 0.1) is 17.6 Å². The summed E-state index contributed by atoms with van der Waals surface area (Å²) in [6, 6.07) is 14.4. The molecule has 0 unspecified atom stereocenters. The number of hydrogen-bond acceptors (Lipinski definition) is 4. The van der Waals surface area contributed by atoms with E-state index in [0.29, 0.717) is 25.4 Å². The van der Waals surface area contributed by atoms with Crippen LogP contribution in [0.25, 0.3) is 0 Å². The van der Waals surface area contributed by atoms with Gasteiger partial charge in [0.25, 0.3) is 5.91 Å². The number of carbonyl (C=O) groups excluding carboxylic acids is 1. The Morgan fingerprint density at radius 1 is 1.07 bits per heavy atom. The van der Waals surface area contributed by atoms with E-state index in [1.807, 2.05) is 30.3 Å². The molecule has 0 radical (unpaired) electrons. The van der Waals surface area contributed by atoms with Crippen molar-refractivity contribution in [2.45, 2.75) is 31.6 Å². The van der Waals surface area contributed by atoms with Gasteiger partial charge in [0.15, 0.2) is 0 Å². The van der Waals surface area contributed by atoms with Crippen molar-refractivity contribution in [2.75, 3.05) is 26.7 Å². The highest BCUT2D eigenvalue weighted by Gasteiger charge is 2.24. The van der Waals surface area contributed by atoms with E-state index in [-0.39, 0.29) is 16.4 Å². The highest BCUT2D eigenvalue weighted by molar-refractivity contribution is 7.89. The van der Waals surface area contributed by atoms with Crippen LogP contribution < -0.4 is 10.1 Å². The van der Waals surface area contributed by atoms with Crippen LogP contribution in [0.1, 0.15) is 36.2 Å². The van der Waals surface area contributed by atoms with E-state index in [4.69, 9.17) is 4.74 Å². The lowest BCUT2D eigenvalue weighted by Crippen LogP contribution is -2.31. The first-order valence-corrected chi connectivity index (χ1v) is 10.9. The van der Waals surface area contributed by atoms with Crippen molar-refractivity contribution in [1.29, 1.82) is 0 Å². The van der Waals surface area contributed by atoms with E-state index in [2.05, 4.69) is 5.32 Å². The van der Waals surface area contributed by atoms with Crippen LogP contribution in [-0.4, -0.2) is 45.4 Å². The zero-order chi connectivity index (χ0) is 20.6. The molecule has 0 aliphatic carbocycles. The SMILES string of the molecule is CCN(CC)S(=O)(=O)c1ccc(OC)c(C(=O)NCCCc2ccccc2)c1. The molecule has 0 atom stereocenters. The topological polar surface area (TPSA) is 75.7 Å². The lowest BCUT2D eigenvalue weighted by molar-refractivity contribution is 0.0950. The smallest absolute Gasteiger partial charge is 0.255 e. The van der Waals surface area contributed by atoms with Crippen LogP contribution in [0, 0.1) is 0 Å². The van der Waals surface area contributed by atoms with Crippen LogP contribution in [0.5, 0.6) is 5.75 Å². The lowest BCUT2D eigenvalue weighted by atomic mass is 10.1. The highest BCUT2D eigenvalue weighted by atomic mass is 32.2. The molecule has 7 heteroatoms. The van der Waals surface area contributed by atoms with Gasteiger partial charge in [0.1, 0.15) is 5.75 Å². The quantitative estimate of drug-likeness (QED) is 0.618. The minimum Gasteiger partial charge on any atom is -0.496 e. The van der Waals surface area contributed by atoms with Gasteiger partial charge in [-0.15, -0.1) is 0 Å². The maximum absolute atomic E-state index is 12.7. The van der Waals surface area contributed by atoms with Crippen molar-refractivity contribution in [3.8, 4) is 5.75 Å². The summed E-state index contributed by atoms with van der Waals surface area (Å²) in [4.78, 5) is 12.7. The molecule has 0 aliphatic heterocycles. The van der Waals surface area contributed by atoms with Crippen molar-refractivity contribution >= 4 is 15.9 Å². The van der Waals surface area contributed by atoms with Gasteiger partial charge in [-0.2, -0.15) is 4.31 Å².